The van der Waals surface area contributed by atoms with E-state index in [1.807, 2.05) is 0 Å². The van der Waals surface area contributed by atoms with Gasteiger partial charge in [0.25, 0.3) is 0 Å². The Bertz CT molecular complexity index is 1360. The fourth-order valence-corrected chi connectivity index (χ4v) is 5.40. The van der Waals surface area contributed by atoms with E-state index in [4.69, 9.17) is 10.5 Å². The van der Waals surface area contributed by atoms with Crippen LogP contribution in [-0.2, 0) is 22.5 Å². The molecule has 3 aromatic carbocycles. The number of nitrogens with one attached hydrogen (secondary N) is 1. The second kappa shape index (κ2) is 12.8. The number of phenolic OH excluding ortho intramolecular Hbond substituents is 1. The second-order valence-corrected chi connectivity index (χ2v) is 10.7. The van der Waals surface area contributed by atoms with E-state index >= 15 is 0 Å². The zero-order valence-corrected chi connectivity index (χ0v) is 23.3. The summed E-state index contributed by atoms with van der Waals surface area (Å²) in [4.78, 5) is 40.2. The number of hydrogen-bond acceptors (Lipinski definition) is 5. The Morgan fingerprint density at radius 1 is 1.05 bits per heavy atom. The van der Waals surface area contributed by atoms with Gasteiger partial charge >= 0.3 is 12.0 Å². The molecule has 0 aliphatic carbocycles. The summed E-state index contributed by atoms with van der Waals surface area (Å²) in [7, 11) is 2.08. The van der Waals surface area contributed by atoms with Crippen LogP contribution in [0.25, 0.3) is 0 Å². The number of nitrogens with two attached hydrogens (primary N) is 1. The van der Waals surface area contributed by atoms with Crippen molar-refractivity contribution in [1.82, 2.24) is 4.90 Å². The molecule has 4 rings (SSSR count). The van der Waals surface area contributed by atoms with Gasteiger partial charge in [-0.15, -0.1) is 0 Å². The molecular weight excluding hydrogens is 527 g/mol. The molecular formula is C31H36FN4O5+. The predicted molar refractivity (Wildman–Crippen MR) is 152 cm³/mol. The van der Waals surface area contributed by atoms with Crippen LogP contribution in [0.2, 0.25) is 0 Å². The molecule has 0 aromatic heterocycles. The molecule has 1 fully saturated rings. The molecule has 1 aliphatic rings. The number of quaternary nitrogens is 1. The number of likely N-dealkylation sites (tertiary alicyclic amines) is 1. The van der Waals surface area contributed by atoms with Crippen LogP contribution in [0.3, 0.4) is 0 Å². The van der Waals surface area contributed by atoms with Gasteiger partial charge in [-0.1, -0.05) is 24.3 Å². The number of esters is 1. The van der Waals surface area contributed by atoms with Gasteiger partial charge in [-0.3, -0.25) is 4.79 Å². The number of benzene rings is 3. The molecule has 0 radical (unpaired) electrons. The number of primary amides is 1. The van der Waals surface area contributed by atoms with E-state index in [-0.39, 0.29) is 30.6 Å². The monoisotopic (exact) mass is 563 g/mol. The van der Waals surface area contributed by atoms with Gasteiger partial charge < -0.3 is 30.3 Å². The van der Waals surface area contributed by atoms with Gasteiger partial charge in [0.15, 0.2) is 0 Å². The molecule has 41 heavy (non-hydrogen) atoms. The molecule has 1 saturated heterocycles. The van der Waals surface area contributed by atoms with Crippen molar-refractivity contribution in [3.05, 3.63) is 95.3 Å². The van der Waals surface area contributed by atoms with Crippen LogP contribution in [0.15, 0.2) is 72.8 Å². The largest absolute Gasteiger partial charge is 0.508 e. The molecule has 9 nitrogen and oxygen atoms in total. The number of carbonyl (C=O) groups excluding carboxylic acids is 3. The van der Waals surface area contributed by atoms with Crippen molar-refractivity contribution in [3.8, 4) is 5.75 Å². The third kappa shape index (κ3) is 7.61. The molecule has 10 heteroatoms. The number of amides is 3. The number of anilines is 1. The van der Waals surface area contributed by atoms with Crippen LogP contribution < -0.4 is 11.1 Å². The van der Waals surface area contributed by atoms with Crippen LogP contribution in [-0.4, -0.2) is 71.2 Å². The Hall–Kier alpha value is -4.44. The summed E-state index contributed by atoms with van der Waals surface area (Å²) >= 11 is 0. The average Bonchev–Trinajstić information content (AvgIpc) is 3.32. The molecule has 4 N–H and O–H groups in total. The highest BCUT2D eigenvalue weighted by Crippen LogP contribution is 2.28. The lowest BCUT2D eigenvalue weighted by molar-refractivity contribution is -0.911. The summed E-state index contributed by atoms with van der Waals surface area (Å²) in [6.07, 6.45) is 0.801. The number of halogens is 1. The maximum atomic E-state index is 13.8. The normalized spacial score (nSPS) is 18.9. The number of aromatic hydroxyl groups is 1. The summed E-state index contributed by atoms with van der Waals surface area (Å²) in [5.74, 6) is -1.31. The van der Waals surface area contributed by atoms with E-state index in [2.05, 4.69) is 12.4 Å². The number of ether oxygens (including phenoxy) is 1. The van der Waals surface area contributed by atoms with E-state index in [0.717, 1.165) is 17.7 Å². The first-order valence-corrected chi connectivity index (χ1v) is 13.6. The van der Waals surface area contributed by atoms with Crippen molar-refractivity contribution in [1.29, 1.82) is 0 Å². The van der Waals surface area contributed by atoms with E-state index in [1.165, 1.54) is 29.2 Å². The number of rotatable bonds is 10. The van der Waals surface area contributed by atoms with Crippen LogP contribution in [0, 0.1) is 5.82 Å². The SMILES string of the molecule is CCOC(=O)c1ccc(NC(=O)N(C2CC[N+](C)(Cc3ccc(F)cc3)C2)[C@@H](Cc2ccc(O)cc2)C(N)=O)cc1. The zero-order chi connectivity index (χ0) is 29.6. The molecule has 0 bridgehead atoms. The van der Waals surface area contributed by atoms with E-state index < -0.39 is 23.9 Å². The first-order valence-electron chi connectivity index (χ1n) is 13.6. The summed E-state index contributed by atoms with van der Waals surface area (Å²) in [5, 5.41) is 12.6. The van der Waals surface area contributed by atoms with Crippen LogP contribution >= 0.6 is 0 Å². The summed E-state index contributed by atoms with van der Waals surface area (Å²) < 4.78 is 19.1. The summed E-state index contributed by atoms with van der Waals surface area (Å²) in [5.41, 5.74) is 8.42. The molecule has 216 valence electrons. The van der Waals surface area contributed by atoms with E-state index in [1.54, 1.807) is 55.5 Å². The van der Waals surface area contributed by atoms with Crippen LogP contribution in [0.4, 0.5) is 14.9 Å². The minimum Gasteiger partial charge on any atom is -0.508 e. The number of carbonyl (C=O) groups is 3. The van der Waals surface area contributed by atoms with Gasteiger partial charge in [-0.25, -0.2) is 14.0 Å². The lowest BCUT2D eigenvalue weighted by Crippen LogP contribution is -2.56. The van der Waals surface area contributed by atoms with Crippen LogP contribution in [0.5, 0.6) is 5.75 Å². The van der Waals surface area contributed by atoms with Gasteiger partial charge in [-0.2, -0.15) is 0 Å². The number of nitrogens with zero attached hydrogens (tertiary/aromatic N) is 2. The maximum Gasteiger partial charge on any atom is 0.338 e. The fourth-order valence-electron chi connectivity index (χ4n) is 5.40. The second-order valence-electron chi connectivity index (χ2n) is 10.7. The molecule has 3 aromatic rings. The van der Waals surface area contributed by atoms with E-state index in [9.17, 15) is 23.9 Å². The van der Waals surface area contributed by atoms with Crippen molar-refractivity contribution in [2.75, 3.05) is 32.1 Å². The number of phenols is 1. The highest BCUT2D eigenvalue weighted by atomic mass is 19.1. The lowest BCUT2D eigenvalue weighted by atomic mass is 10.0. The highest BCUT2D eigenvalue weighted by Gasteiger charge is 2.43. The Balaban J connectivity index is 1.59. The van der Waals surface area contributed by atoms with Crippen LogP contribution in [0.1, 0.15) is 34.8 Å². The first kappa shape index (κ1) is 29.5. The topological polar surface area (TPSA) is 122 Å². The molecule has 3 atom stereocenters. The maximum absolute atomic E-state index is 13.8. The van der Waals surface area contributed by atoms with Crippen molar-refractivity contribution >= 4 is 23.6 Å². The average molecular weight is 564 g/mol. The van der Waals surface area contributed by atoms with E-state index in [0.29, 0.717) is 35.2 Å². The van der Waals surface area contributed by atoms with Gasteiger partial charge in [0.1, 0.15) is 24.2 Å². The highest BCUT2D eigenvalue weighted by molar-refractivity contribution is 5.95. The first-order chi connectivity index (χ1) is 19.6. The molecule has 1 heterocycles. The Morgan fingerprint density at radius 3 is 2.29 bits per heavy atom. The molecule has 0 spiro atoms. The molecule has 0 saturated carbocycles. The Morgan fingerprint density at radius 2 is 1.68 bits per heavy atom. The van der Waals surface area contributed by atoms with Crippen molar-refractivity contribution < 1.29 is 33.1 Å². The van der Waals surface area contributed by atoms with Gasteiger partial charge in [0.05, 0.1) is 38.3 Å². The Kier molecular flexibility index (Phi) is 9.24. The molecule has 2 unspecified atom stereocenters. The number of likely N-dealkylation sites (N-methyl/N-ethyl adjacent to an activating group) is 1. The van der Waals surface area contributed by atoms with Crippen molar-refractivity contribution in [2.24, 2.45) is 5.73 Å². The quantitative estimate of drug-likeness (QED) is 0.254. The Labute approximate surface area is 238 Å². The number of hydrogen-bond donors (Lipinski definition) is 3. The van der Waals surface area contributed by atoms with Gasteiger partial charge in [0.2, 0.25) is 5.91 Å². The van der Waals surface area contributed by atoms with Gasteiger partial charge in [0, 0.05) is 24.1 Å². The summed E-state index contributed by atoms with van der Waals surface area (Å²) in [6, 6.07) is 17.4. The molecule has 3 amide bonds. The lowest BCUT2D eigenvalue weighted by Gasteiger charge is -2.36. The smallest absolute Gasteiger partial charge is 0.338 e. The third-order valence-electron chi connectivity index (χ3n) is 7.44. The fraction of sp³-hybridized carbons (Fsp3) is 0.323. The zero-order valence-electron chi connectivity index (χ0n) is 23.3. The minimum absolute atomic E-state index is 0.0925. The molecule has 1 aliphatic heterocycles. The minimum atomic E-state index is -0.958. The third-order valence-corrected chi connectivity index (χ3v) is 7.44. The predicted octanol–water partition coefficient (Wildman–Crippen LogP) is 4.06. The van der Waals surface area contributed by atoms with Gasteiger partial charge in [-0.05, 0) is 61.0 Å². The van der Waals surface area contributed by atoms with Crippen molar-refractivity contribution in [2.45, 2.75) is 38.4 Å². The van der Waals surface area contributed by atoms with Crippen molar-refractivity contribution in [3.63, 3.8) is 0 Å². The summed E-state index contributed by atoms with van der Waals surface area (Å²) in [6.45, 7) is 3.92. The number of urea groups is 1. The standard InChI is InChI=1S/C31H35FN4O5/c1-3-41-30(39)23-8-12-25(13-9-23)34-31(40)35(28(29(33)38)18-21-6-14-27(37)15-7-21)26-16-17-36(2,20-26)19-22-4-10-24(32)11-5-22/h4-15,26,28H,3,16-20H2,1-2H3,(H3-,33,34,37,38,39,40)/p+1/t26?,28-,36?/m0/s1.